The molecule has 0 atom stereocenters. The zero-order valence-electron chi connectivity index (χ0n) is 23.0. The molecule has 1 aliphatic rings. The van der Waals surface area contributed by atoms with Crippen molar-refractivity contribution in [2.45, 2.75) is 31.8 Å². The van der Waals surface area contributed by atoms with Gasteiger partial charge in [0.05, 0.1) is 6.61 Å². The van der Waals surface area contributed by atoms with Crippen molar-refractivity contribution in [3.05, 3.63) is 108 Å². The maximum Gasteiger partial charge on any atom is 0.319 e. The third kappa shape index (κ3) is 7.83. The van der Waals surface area contributed by atoms with Crippen LogP contribution >= 0.6 is 0 Å². The van der Waals surface area contributed by atoms with E-state index in [1.54, 1.807) is 12.4 Å². The number of carbonyl (C=O) groups is 1. The second-order valence-corrected chi connectivity index (χ2v) is 10.3. The molecule has 2 heterocycles. The zero-order chi connectivity index (χ0) is 27.6. The lowest BCUT2D eigenvalue weighted by Gasteiger charge is -2.30. The Morgan fingerprint density at radius 1 is 0.950 bits per heavy atom. The van der Waals surface area contributed by atoms with Crippen molar-refractivity contribution in [2.75, 3.05) is 37.4 Å². The predicted molar refractivity (Wildman–Crippen MR) is 162 cm³/mol. The molecule has 1 fully saturated rings. The van der Waals surface area contributed by atoms with Crippen LogP contribution in [0.4, 0.5) is 16.2 Å². The van der Waals surface area contributed by atoms with E-state index in [9.17, 15) is 4.79 Å². The maximum absolute atomic E-state index is 12.2. The van der Waals surface area contributed by atoms with Crippen LogP contribution in [0.2, 0.25) is 0 Å². The first-order valence-electron chi connectivity index (χ1n) is 13.9. The van der Waals surface area contributed by atoms with Gasteiger partial charge in [0.15, 0.2) is 0 Å². The molecule has 3 aromatic carbocycles. The summed E-state index contributed by atoms with van der Waals surface area (Å²) in [6.07, 6.45) is 6.58. The van der Waals surface area contributed by atoms with Crippen molar-refractivity contribution in [2.24, 2.45) is 0 Å². The van der Waals surface area contributed by atoms with Crippen molar-refractivity contribution >= 4 is 17.4 Å². The fourth-order valence-corrected chi connectivity index (χ4v) is 4.96. The highest BCUT2D eigenvalue weighted by Crippen LogP contribution is 2.28. The first-order valence-corrected chi connectivity index (χ1v) is 13.9. The fraction of sp³-hybridized carbons (Fsp3) is 0.273. The molecule has 1 aromatic heterocycles. The summed E-state index contributed by atoms with van der Waals surface area (Å²) in [6.45, 7) is 3.26. The summed E-state index contributed by atoms with van der Waals surface area (Å²) in [5.41, 5.74) is 6.52. The quantitative estimate of drug-likeness (QED) is 0.225. The number of hydrogen-bond donors (Lipinski definition) is 3. The van der Waals surface area contributed by atoms with Gasteiger partial charge in [0.25, 0.3) is 0 Å². The molecule has 0 unspecified atom stereocenters. The monoisotopic (exact) mass is 535 g/mol. The number of likely N-dealkylation sites (tertiary alicyclic amines) is 1. The van der Waals surface area contributed by atoms with Crippen LogP contribution in [0.3, 0.4) is 0 Å². The minimum atomic E-state index is -0.264. The molecule has 5 rings (SSSR count). The Kier molecular flexibility index (Phi) is 9.27. The third-order valence-corrected chi connectivity index (χ3v) is 7.21. The number of piperidine rings is 1. The van der Waals surface area contributed by atoms with E-state index in [2.05, 4.69) is 81.4 Å². The molecule has 1 aliphatic heterocycles. The summed E-state index contributed by atoms with van der Waals surface area (Å²) in [4.78, 5) is 18.6. The smallest absolute Gasteiger partial charge is 0.319 e. The molecule has 7 heteroatoms. The normalized spacial score (nSPS) is 13.9. The lowest BCUT2D eigenvalue weighted by molar-refractivity contribution is 0.251. The van der Waals surface area contributed by atoms with E-state index in [1.807, 2.05) is 36.4 Å². The largest absolute Gasteiger partial charge is 0.493 e. The second kappa shape index (κ2) is 13.6. The molecule has 3 N–H and O–H groups in total. The van der Waals surface area contributed by atoms with Gasteiger partial charge in [-0.05, 0) is 97.7 Å². The third-order valence-electron chi connectivity index (χ3n) is 7.21. The van der Waals surface area contributed by atoms with Crippen LogP contribution in [0.5, 0.6) is 5.75 Å². The number of rotatable bonds is 10. The number of carbonyl (C=O) groups excluding carboxylic acids is 1. The molecule has 0 bridgehead atoms. The SMILES string of the molecule is CN1CCC(Nc2cccc(-c3ccccc3CCOc3ccc(NC(=O)NCc4cccnc4)cc3)c2)CC1. The van der Waals surface area contributed by atoms with Crippen molar-refractivity contribution in [3.63, 3.8) is 0 Å². The Balaban J connectivity index is 1.12. The number of nitrogens with zero attached hydrogens (tertiary/aromatic N) is 2. The number of ether oxygens (including phenoxy) is 1. The van der Waals surface area contributed by atoms with Gasteiger partial charge in [-0.1, -0.05) is 42.5 Å². The fourth-order valence-electron chi connectivity index (χ4n) is 4.96. The van der Waals surface area contributed by atoms with E-state index in [4.69, 9.17) is 4.74 Å². The summed E-state index contributed by atoms with van der Waals surface area (Å²) in [5, 5.41) is 9.42. The molecule has 0 saturated carbocycles. The number of nitrogens with one attached hydrogen (secondary N) is 3. The summed E-state index contributed by atoms with van der Waals surface area (Å²) in [6, 6.07) is 28.7. The van der Waals surface area contributed by atoms with Crippen LogP contribution in [0, 0.1) is 0 Å². The molecule has 7 nitrogen and oxygen atoms in total. The molecule has 40 heavy (non-hydrogen) atoms. The zero-order valence-corrected chi connectivity index (χ0v) is 23.0. The van der Waals surface area contributed by atoms with Gasteiger partial charge in [-0.2, -0.15) is 0 Å². The van der Waals surface area contributed by atoms with Gasteiger partial charge in [-0.25, -0.2) is 4.79 Å². The van der Waals surface area contributed by atoms with Crippen molar-refractivity contribution in [1.29, 1.82) is 0 Å². The Labute approximate surface area is 236 Å². The number of pyridine rings is 1. The van der Waals surface area contributed by atoms with Gasteiger partial charge in [0, 0.05) is 42.8 Å². The average Bonchev–Trinajstić information content (AvgIpc) is 2.99. The highest BCUT2D eigenvalue weighted by atomic mass is 16.5. The van der Waals surface area contributed by atoms with E-state index in [0.29, 0.717) is 24.9 Å². The average molecular weight is 536 g/mol. The Morgan fingerprint density at radius 3 is 2.58 bits per heavy atom. The van der Waals surface area contributed by atoms with Crippen LogP contribution < -0.4 is 20.7 Å². The highest BCUT2D eigenvalue weighted by Gasteiger charge is 2.16. The van der Waals surface area contributed by atoms with Crippen LogP contribution in [0.25, 0.3) is 11.1 Å². The predicted octanol–water partition coefficient (Wildman–Crippen LogP) is 6.20. The van der Waals surface area contributed by atoms with Gasteiger partial charge in [-0.15, -0.1) is 0 Å². The molecule has 1 saturated heterocycles. The molecule has 0 aliphatic carbocycles. The molecular formula is C33H37N5O2. The molecule has 4 aromatic rings. The van der Waals surface area contributed by atoms with Crippen LogP contribution in [0.1, 0.15) is 24.0 Å². The van der Waals surface area contributed by atoms with E-state index in [0.717, 1.165) is 30.8 Å². The summed E-state index contributed by atoms with van der Waals surface area (Å²) < 4.78 is 6.05. The van der Waals surface area contributed by atoms with Gasteiger partial charge < -0.3 is 25.6 Å². The Hall–Kier alpha value is -4.36. The van der Waals surface area contributed by atoms with Crippen molar-refractivity contribution in [1.82, 2.24) is 15.2 Å². The number of hydrogen-bond acceptors (Lipinski definition) is 5. The first-order chi connectivity index (χ1) is 19.6. The van der Waals surface area contributed by atoms with Crippen molar-refractivity contribution < 1.29 is 9.53 Å². The number of urea groups is 1. The number of aromatic nitrogens is 1. The van der Waals surface area contributed by atoms with Crippen LogP contribution in [0.15, 0.2) is 97.3 Å². The van der Waals surface area contributed by atoms with E-state index in [-0.39, 0.29) is 6.03 Å². The summed E-state index contributed by atoms with van der Waals surface area (Å²) in [5.74, 6) is 0.767. The Morgan fingerprint density at radius 2 is 1.77 bits per heavy atom. The van der Waals surface area contributed by atoms with Gasteiger partial charge in [0.2, 0.25) is 0 Å². The minimum absolute atomic E-state index is 0.264. The lowest BCUT2D eigenvalue weighted by Crippen LogP contribution is -2.36. The molecule has 0 spiro atoms. The number of anilines is 2. The number of benzene rings is 3. The Bertz CT molecular complexity index is 1370. The van der Waals surface area contributed by atoms with E-state index in [1.165, 1.54) is 35.2 Å². The number of amides is 2. The minimum Gasteiger partial charge on any atom is -0.493 e. The molecule has 0 radical (unpaired) electrons. The molecule has 2 amide bonds. The van der Waals surface area contributed by atoms with Crippen molar-refractivity contribution in [3.8, 4) is 16.9 Å². The van der Waals surface area contributed by atoms with Crippen LogP contribution in [-0.2, 0) is 13.0 Å². The summed E-state index contributed by atoms with van der Waals surface area (Å²) >= 11 is 0. The second-order valence-electron chi connectivity index (χ2n) is 10.3. The van der Waals surface area contributed by atoms with E-state index < -0.39 is 0 Å². The molecule has 206 valence electrons. The summed E-state index contributed by atoms with van der Waals surface area (Å²) in [7, 11) is 2.19. The molecular weight excluding hydrogens is 498 g/mol. The first kappa shape index (κ1) is 27.2. The standard InChI is InChI=1S/C33H37N5O2/c1-38-19-15-29(16-20-38)36-30-9-4-8-27(22-30)32-10-3-2-7-26(32)17-21-40-31-13-11-28(12-14-31)37-33(39)35-24-25-6-5-18-34-23-25/h2-14,18,22-23,29,36H,15-17,19-21,24H2,1H3,(H2,35,37,39). The highest BCUT2D eigenvalue weighted by molar-refractivity contribution is 5.89. The maximum atomic E-state index is 12.2. The van der Waals surface area contributed by atoms with Gasteiger partial charge in [0.1, 0.15) is 5.75 Å². The van der Waals surface area contributed by atoms with Gasteiger partial charge >= 0.3 is 6.03 Å². The topological polar surface area (TPSA) is 78.5 Å². The van der Waals surface area contributed by atoms with Gasteiger partial charge in [-0.3, -0.25) is 4.98 Å². The lowest BCUT2D eigenvalue weighted by atomic mass is 9.97. The van der Waals surface area contributed by atoms with E-state index >= 15 is 0 Å². The van der Waals surface area contributed by atoms with Crippen LogP contribution in [-0.4, -0.2) is 48.7 Å².